The van der Waals surface area contributed by atoms with Crippen LogP contribution in [0.1, 0.15) is 50.1 Å². The number of anilines is 1. The molecule has 2 N–H and O–H groups in total. The third kappa shape index (κ3) is 3.84. The molecule has 0 aliphatic heterocycles. The lowest BCUT2D eigenvalue weighted by Crippen LogP contribution is -2.23. The maximum absolute atomic E-state index is 13.9. The molecule has 1 fully saturated rings. The first-order valence-corrected chi connectivity index (χ1v) is 11.4. The van der Waals surface area contributed by atoms with Gasteiger partial charge in [0.05, 0.1) is 5.52 Å². The van der Waals surface area contributed by atoms with E-state index in [1.165, 1.54) is 11.6 Å². The quantitative estimate of drug-likeness (QED) is 0.391. The van der Waals surface area contributed by atoms with E-state index in [9.17, 15) is 4.39 Å². The minimum Gasteiger partial charge on any atom is -0.368 e. The number of nitrogens with zero attached hydrogens (tertiary/aromatic N) is 4. The number of pyridine rings is 1. The first-order valence-electron chi connectivity index (χ1n) is 11.0. The van der Waals surface area contributed by atoms with E-state index in [4.69, 9.17) is 17.3 Å². The van der Waals surface area contributed by atoms with Gasteiger partial charge in [0.15, 0.2) is 5.82 Å². The first-order chi connectivity index (χ1) is 15.5. The number of nitrogen functional groups attached to an aromatic ring is 1. The van der Waals surface area contributed by atoms with Crippen molar-refractivity contribution in [2.24, 2.45) is 5.92 Å². The number of aromatic nitrogens is 4. The molecule has 4 aromatic rings. The van der Waals surface area contributed by atoms with Gasteiger partial charge in [-0.1, -0.05) is 11.6 Å². The van der Waals surface area contributed by atoms with Gasteiger partial charge in [-0.15, -0.1) is 10.2 Å². The molecule has 5 nitrogen and oxygen atoms in total. The minimum absolute atomic E-state index is 0.170. The number of hydrogen-bond donors (Lipinski definition) is 1. The average molecular weight is 450 g/mol. The third-order valence-corrected chi connectivity index (χ3v) is 7.12. The smallest absolute Gasteiger partial charge is 0.222 e. The normalized spacial score (nSPS) is 19.8. The average Bonchev–Trinajstić information content (AvgIpc) is 3.20. The molecule has 7 heteroatoms. The van der Waals surface area contributed by atoms with Crippen LogP contribution in [0, 0.1) is 11.7 Å². The number of hydrogen-bond acceptors (Lipinski definition) is 4. The molecule has 5 rings (SSSR count). The number of fused-ring (bicyclic) bond motifs is 1. The van der Waals surface area contributed by atoms with Crippen LogP contribution in [0.3, 0.4) is 0 Å². The van der Waals surface area contributed by atoms with E-state index in [1.807, 2.05) is 41.1 Å². The maximum atomic E-state index is 13.9. The zero-order valence-corrected chi connectivity index (χ0v) is 18.6. The van der Waals surface area contributed by atoms with Gasteiger partial charge >= 0.3 is 0 Å². The Bertz CT molecular complexity index is 1250. The van der Waals surface area contributed by atoms with Crippen molar-refractivity contribution in [1.29, 1.82) is 0 Å². The van der Waals surface area contributed by atoms with Crippen LogP contribution < -0.4 is 5.73 Å². The van der Waals surface area contributed by atoms with Crippen molar-refractivity contribution in [3.63, 3.8) is 0 Å². The van der Waals surface area contributed by atoms with Crippen molar-refractivity contribution in [1.82, 2.24) is 19.7 Å². The molecule has 0 saturated heterocycles. The highest BCUT2D eigenvalue weighted by Crippen LogP contribution is 2.43. The van der Waals surface area contributed by atoms with Gasteiger partial charge in [-0.05, 0) is 98.5 Å². The third-order valence-electron chi connectivity index (χ3n) is 6.86. The van der Waals surface area contributed by atoms with Crippen molar-refractivity contribution < 1.29 is 4.39 Å². The highest BCUT2D eigenvalue weighted by Gasteiger charge is 2.30. The van der Waals surface area contributed by atoms with Crippen LogP contribution in [0.2, 0.25) is 5.02 Å². The summed E-state index contributed by atoms with van der Waals surface area (Å²) in [6.07, 6.45) is 6.04. The lowest BCUT2D eigenvalue weighted by molar-refractivity contribution is 0.249. The number of benzene rings is 2. The Kier molecular flexibility index (Phi) is 5.55. The van der Waals surface area contributed by atoms with Gasteiger partial charge in [0.1, 0.15) is 5.82 Å². The molecule has 2 aromatic carbocycles. The molecule has 1 saturated carbocycles. The Morgan fingerprint density at radius 2 is 1.78 bits per heavy atom. The van der Waals surface area contributed by atoms with E-state index in [1.54, 1.807) is 12.1 Å². The monoisotopic (exact) mass is 449 g/mol. The Hall–Kier alpha value is -2.99. The van der Waals surface area contributed by atoms with E-state index >= 15 is 0 Å². The van der Waals surface area contributed by atoms with Gasteiger partial charge in [-0.2, -0.15) is 0 Å². The Morgan fingerprint density at radius 1 is 1.03 bits per heavy atom. The number of nitrogens with two attached hydrogens (primary N) is 1. The molecule has 164 valence electrons. The van der Waals surface area contributed by atoms with E-state index in [0.29, 0.717) is 22.8 Å². The summed E-state index contributed by atoms with van der Waals surface area (Å²) in [6, 6.07) is 14.7. The van der Waals surface area contributed by atoms with Crippen molar-refractivity contribution in [3.05, 3.63) is 71.1 Å². The highest BCUT2D eigenvalue weighted by molar-refractivity contribution is 6.30. The van der Waals surface area contributed by atoms with E-state index in [0.717, 1.165) is 48.0 Å². The van der Waals surface area contributed by atoms with Crippen LogP contribution in [-0.2, 0) is 0 Å². The summed E-state index contributed by atoms with van der Waals surface area (Å²) < 4.78 is 15.9. The molecule has 0 amide bonds. The molecule has 2 heterocycles. The fraction of sp³-hybridized carbons (Fsp3) is 0.320. The second-order valence-corrected chi connectivity index (χ2v) is 9.11. The summed E-state index contributed by atoms with van der Waals surface area (Å²) in [5.41, 5.74) is 9.23. The zero-order chi connectivity index (χ0) is 22.2. The Morgan fingerprint density at radius 3 is 2.53 bits per heavy atom. The van der Waals surface area contributed by atoms with Gasteiger partial charge in [0, 0.05) is 28.2 Å². The minimum atomic E-state index is -0.216. The highest BCUT2D eigenvalue weighted by atomic mass is 35.5. The van der Waals surface area contributed by atoms with Gasteiger partial charge in [0.25, 0.3) is 0 Å². The molecule has 32 heavy (non-hydrogen) atoms. The molecular weight excluding hydrogens is 425 g/mol. The molecule has 1 aliphatic rings. The summed E-state index contributed by atoms with van der Waals surface area (Å²) in [5, 5.41) is 10.1. The van der Waals surface area contributed by atoms with Crippen LogP contribution in [0.4, 0.5) is 10.3 Å². The number of rotatable bonds is 4. The fourth-order valence-electron chi connectivity index (χ4n) is 5.12. The zero-order valence-electron chi connectivity index (χ0n) is 17.9. The standard InChI is InChI=1S/C25H25ClFN5/c1-15(32-24(30-31-25(32)28)18-6-8-19(26)9-7-18)16-2-4-17(5-3-16)21-12-13-29-23-11-10-20(27)14-22(21)23/h6-17H,2-5H2,1H3,(H2,28,31)/t15-,16?,17?/m1/s1. The summed E-state index contributed by atoms with van der Waals surface area (Å²) >= 11 is 6.05. The molecule has 1 aliphatic carbocycles. The predicted octanol–water partition coefficient (Wildman–Crippen LogP) is 6.40. The fourth-order valence-corrected chi connectivity index (χ4v) is 5.25. The predicted molar refractivity (Wildman–Crippen MR) is 126 cm³/mol. The van der Waals surface area contributed by atoms with Crippen molar-refractivity contribution in [2.45, 2.75) is 44.6 Å². The van der Waals surface area contributed by atoms with Crippen LogP contribution in [0.15, 0.2) is 54.7 Å². The SMILES string of the molecule is C[C@H](C1CCC(c2ccnc3ccc(F)cc23)CC1)n1c(N)nnc1-c1ccc(Cl)cc1. The second kappa shape index (κ2) is 8.51. The van der Waals surface area contributed by atoms with E-state index in [-0.39, 0.29) is 11.9 Å². The molecular formula is C25H25ClFN5. The van der Waals surface area contributed by atoms with Crippen LogP contribution >= 0.6 is 11.6 Å². The molecule has 1 atom stereocenters. The molecule has 0 bridgehead atoms. The topological polar surface area (TPSA) is 69.6 Å². The summed E-state index contributed by atoms with van der Waals surface area (Å²) in [6.45, 7) is 2.20. The van der Waals surface area contributed by atoms with Gasteiger partial charge < -0.3 is 5.73 Å². The maximum Gasteiger partial charge on any atom is 0.222 e. The second-order valence-electron chi connectivity index (χ2n) is 8.67. The molecule has 0 unspecified atom stereocenters. The Balaban J connectivity index is 1.36. The lowest BCUT2D eigenvalue weighted by atomic mass is 9.75. The summed E-state index contributed by atoms with van der Waals surface area (Å²) in [7, 11) is 0. The molecule has 0 radical (unpaired) electrons. The van der Waals surface area contributed by atoms with Crippen molar-refractivity contribution >= 4 is 28.5 Å². The molecule has 2 aromatic heterocycles. The van der Waals surface area contributed by atoms with Crippen LogP contribution in [0.5, 0.6) is 0 Å². The number of halogens is 2. The van der Waals surface area contributed by atoms with E-state index in [2.05, 4.69) is 22.1 Å². The van der Waals surface area contributed by atoms with Gasteiger partial charge in [-0.25, -0.2) is 4.39 Å². The van der Waals surface area contributed by atoms with Gasteiger partial charge in [0.2, 0.25) is 5.95 Å². The first kappa shape index (κ1) is 20.9. The largest absolute Gasteiger partial charge is 0.368 e. The summed E-state index contributed by atoms with van der Waals surface area (Å²) in [4.78, 5) is 4.40. The van der Waals surface area contributed by atoms with Crippen molar-refractivity contribution in [3.8, 4) is 11.4 Å². The van der Waals surface area contributed by atoms with Crippen LogP contribution in [0.25, 0.3) is 22.3 Å². The Labute approximate surface area is 191 Å². The summed E-state index contributed by atoms with van der Waals surface area (Å²) in [5.74, 6) is 1.84. The lowest BCUT2D eigenvalue weighted by Gasteiger charge is -2.34. The van der Waals surface area contributed by atoms with Crippen LogP contribution in [-0.4, -0.2) is 19.7 Å². The molecule has 0 spiro atoms. The van der Waals surface area contributed by atoms with E-state index < -0.39 is 0 Å². The van der Waals surface area contributed by atoms with Crippen molar-refractivity contribution in [2.75, 3.05) is 5.73 Å². The van der Waals surface area contributed by atoms with Gasteiger partial charge in [-0.3, -0.25) is 9.55 Å².